The van der Waals surface area contributed by atoms with Gasteiger partial charge in [-0.05, 0) is 43.4 Å². The van der Waals surface area contributed by atoms with Gasteiger partial charge in [0.2, 0.25) is 16.9 Å². The van der Waals surface area contributed by atoms with E-state index in [0.717, 1.165) is 30.2 Å². The molecule has 2 fully saturated rings. The van der Waals surface area contributed by atoms with Crippen molar-refractivity contribution < 1.29 is 33.8 Å². The Balaban J connectivity index is 1.70. The fourth-order valence-electron chi connectivity index (χ4n) is 4.91. The Morgan fingerprint density at radius 3 is 2.33 bits per heavy atom. The molecule has 1 aliphatic heterocycles. The number of aromatic hydroxyl groups is 1. The van der Waals surface area contributed by atoms with Gasteiger partial charge in [0.15, 0.2) is 0 Å². The first-order valence-electron chi connectivity index (χ1n) is 13.7. The van der Waals surface area contributed by atoms with Crippen molar-refractivity contribution in [2.45, 2.75) is 69.7 Å². The standard InChI is InChI=1S/C28H41N3O7S/c1-4-38-26(35)22(17-20-7-9-21(32)10-8-20)29-27(36)28(11-5-6-12-28)30-25(34)24(19(2)3)39-23(33)18-31-13-15-37-16-14-31/h7-10,19,22,24,32H,4-6,11-18H2,1-3H3,(H,29,36)(H,30,34)/t22-,24+/m0/s1. The van der Waals surface area contributed by atoms with Crippen molar-refractivity contribution >= 4 is 34.7 Å². The van der Waals surface area contributed by atoms with Gasteiger partial charge in [-0.25, -0.2) is 4.79 Å². The summed E-state index contributed by atoms with van der Waals surface area (Å²) in [6.45, 7) is 8.40. The maximum atomic E-state index is 13.7. The zero-order valence-corrected chi connectivity index (χ0v) is 23.9. The quantitative estimate of drug-likeness (QED) is 0.327. The third kappa shape index (κ3) is 8.94. The molecule has 10 nitrogen and oxygen atoms in total. The second-order valence-corrected chi connectivity index (χ2v) is 11.7. The number of carbonyl (C=O) groups is 4. The first-order valence-corrected chi connectivity index (χ1v) is 14.6. The Kier molecular flexibility index (Phi) is 11.6. The molecule has 0 bridgehead atoms. The number of nitrogens with zero attached hydrogens (tertiary/aromatic N) is 1. The fourth-order valence-corrected chi connectivity index (χ4v) is 5.89. The normalized spacial score (nSPS) is 18.8. The molecular weight excluding hydrogens is 522 g/mol. The molecule has 1 aliphatic carbocycles. The van der Waals surface area contributed by atoms with Crippen LogP contribution in [0, 0.1) is 5.92 Å². The van der Waals surface area contributed by atoms with Crippen LogP contribution in [0.2, 0.25) is 0 Å². The predicted octanol–water partition coefficient (Wildman–Crippen LogP) is 2.03. The van der Waals surface area contributed by atoms with Crippen molar-refractivity contribution in [1.29, 1.82) is 0 Å². The van der Waals surface area contributed by atoms with E-state index in [2.05, 4.69) is 10.6 Å². The van der Waals surface area contributed by atoms with Gasteiger partial charge in [-0.2, -0.15) is 0 Å². The molecule has 1 aromatic carbocycles. The van der Waals surface area contributed by atoms with E-state index in [1.54, 1.807) is 19.1 Å². The number of ether oxygens (including phenoxy) is 2. The molecular formula is C28H41N3O7S. The van der Waals surface area contributed by atoms with E-state index < -0.39 is 28.7 Å². The zero-order valence-electron chi connectivity index (χ0n) is 23.1. The molecule has 3 rings (SSSR count). The summed E-state index contributed by atoms with van der Waals surface area (Å²) in [7, 11) is 0. The number of rotatable bonds is 12. The van der Waals surface area contributed by atoms with Gasteiger partial charge < -0.3 is 25.2 Å². The first kappa shape index (κ1) is 30.9. The SMILES string of the molecule is CCOC(=O)[C@H](Cc1ccc(O)cc1)NC(=O)C1(NC(=O)[C@H](SC(=O)CN2CCOCC2)C(C)C)CCCC1. The van der Waals surface area contributed by atoms with E-state index in [4.69, 9.17) is 9.47 Å². The number of morpholine rings is 1. The molecule has 2 amide bonds. The number of esters is 1. The van der Waals surface area contributed by atoms with Gasteiger partial charge in [-0.1, -0.05) is 50.6 Å². The Bertz CT molecular complexity index is 989. The van der Waals surface area contributed by atoms with Gasteiger partial charge in [0.05, 0.1) is 31.6 Å². The molecule has 0 radical (unpaired) electrons. The molecule has 1 saturated carbocycles. The molecule has 1 heterocycles. The van der Waals surface area contributed by atoms with E-state index >= 15 is 0 Å². The number of hydrogen-bond acceptors (Lipinski definition) is 9. The van der Waals surface area contributed by atoms with E-state index in [-0.39, 0.29) is 42.3 Å². The van der Waals surface area contributed by atoms with Gasteiger partial charge in [0.1, 0.15) is 17.3 Å². The zero-order chi connectivity index (χ0) is 28.4. The van der Waals surface area contributed by atoms with Gasteiger partial charge in [0, 0.05) is 19.5 Å². The number of phenolic OH excluding ortho intramolecular Hbond substituents is 1. The lowest BCUT2D eigenvalue weighted by Crippen LogP contribution is -2.61. The van der Waals surface area contributed by atoms with Gasteiger partial charge in [-0.3, -0.25) is 19.3 Å². The summed E-state index contributed by atoms with van der Waals surface area (Å²) in [6, 6.07) is 5.43. The van der Waals surface area contributed by atoms with Crippen LogP contribution in [0.25, 0.3) is 0 Å². The minimum Gasteiger partial charge on any atom is -0.508 e. The van der Waals surface area contributed by atoms with Crippen molar-refractivity contribution in [3.05, 3.63) is 29.8 Å². The molecule has 2 aliphatic rings. The van der Waals surface area contributed by atoms with Crippen LogP contribution in [0.4, 0.5) is 0 Å². The molecule has 216 valence electrons. The number of nitrogens with one attached hydrogen (secondary N) is 2. The minimum atomic E-state index is -1.17. The first-order chi connectivity index (χ1) is 18.6. The third-order valence-corrected chi connectivity index (χ3v) is 8.49. The molecule has 39 heavy (non-hydrogen) atoms. The monoisotopic (exact) mass is 563 g/mol. The van der Waals surface area contributed by atoms with Gasteiger partial charge >= 0.3 is 5.97 Å². The van der Waals surface area contributed by atoms with Gasteiger partial charge in [0.25, 0.3) is 0 Å². The van der Waals surface area contributed by atoms with Gasteiger partial charge in [-0.15, -0.1) is 0 Å². The summed E-state index contributed by atoms with van der Waals surface area (Å²) in [5.41, 5.74) is -0.428. The van der Waals surface area contributed by atoms with Crippen LogP contribution in [-0.2, 0) is 35.1 Å². The smallest absolute Gasteiger partial charge is 0.328 e. The summed E-state index contributed by atoms with van der Waals surface area (Å²) in [5.74, 6) is -1.38. The molecule has 0 aromatic heterocycles. The lowest BCUT2D eigenvalue weighted by molar-refractivity contribution is -0.148. The van der Waals surface area contributed by atoms with E-state index in [1.165, 1.54) is 12.1 Å². The van der Waals surface area contributed by atoms with E-state index in [9.17, 15) is 24.3 Å². The molecule has 0 spiro atoms. The van der Waals surface area contributed by atoms with Crippen LogP contribution in [0.5, 0.6) is 5.75 Å². The Morgan fingerprint density at radius 1 is 1.10 bits per heavy atom. The summed E-state index contributed by atoms with van der Waals surface area (Å²) in [5, 5.41) is 14.7. The Morgan fingerprint density at radius 2 is 1.74 bits per heavy atom. The van der Waals surface area contributed by atoms with Crippen molar-refractivity contribution in [2.24, 2.45) is 5.92 Å². The lowest BCUT2D eigenvalue weighted by Gasteiger charge is -2.33. The van der Waals surface area contributed by atoms with Crippen molar-refractivity contribution in [3.63, 3.8) is 0 Å². The number of amides is 2. The number of benzene rings is 1. The van der Waals surface area contributed by atoms with Crippen molar-refractivity contribution in [2.75, 3.05) is 39.5 Å². The van der Waals surface area contributed by atoms with Crippen LogP contribution >= 0.6 is 11.8 Å². The average molecular weight is 564 g/mol. The number of phenols is 1. The van der Waals surface area contributed by atoms with Crippen LogP contribution in [0.1, 0.15) is 52.0 Å². The van der Waals surface area contributed by atoms with E-state index in [1.807, 2.05) is 18.7 Å². The van der Waals surface area contributed by atoms with Crippen LogP contribution < -0.4 is 10.6 Å². The topological polar surface area (TPSA) is 134 Å². The van der Waals surface area contributed by atoms with E-state index in [0.29, 0.717) is 39.1 Å². The molecule has 11 heteroatoms. The maximum absolute atomic E-state index is 13.7. The van der Waals surface area contributed by atoms with Crippen molar-refractivity contribution in [1.82, 2.24) is 15.5 Å². The highest BCUT2D eigenvalue weighted by Crippen LogP contribution is 2.32. The summed E-state index contributed by atoms with van der Waals surface area (Å²) in [6.07, 6.45) is 2.57. The molecule has 3 N–H and O–H groups in total. The highest BCUT2D eigenvalue weighted by atomic mass is 32.2. The number of thioether (sulfide) groups is 1. The summed E-state index contributed by atoms with van der Waals surface area (Å²) in [4.78, 5) is 54.8. The summed E-state index contributed by atoms with van der Waals surface area (Å²) < 4.78 is 10.5. The highest BCUT2D eigenvalue weighted by molar-refractivity contribution is 8.14. The molecule has 1 saturated heterocycles. The molecule has 2 atom stereocenters. The Labute approximate surface area is 234 Å². The predicted molar refractivity (Wildman–Crippen MR) is 148 cm³/mol. The van der Waals surface area contributed by atoms with Crippen LogP contribution in [-0.4, -0.2) is 89.2 Å². The fraction of sp³-hybridized carbons (Fsp3) is 0.643. The Hall–Kier alpha value is -2.63. The molecule has 0 unspecified atom stereocenters. The number of carbonyl (C=O) groups excluding carboxylic acids is 4. The second-order valence-electron chi connectivity index (χ2n) is 10.5. The second kappa shape index (κ2) is 14.7. The third-order valence-electron chi connectivity index (χ3n) is 7.09. The number of hydrogen-bond donors (Lipinski definition) is 3. The highest BCUT2D eigenvalue weighted by Gasteiger charge is 2.45. The lowest BCUT2D eigenvalue weighted by atomic mass is 9.94. The summed E-state index contributed by atoms with van der Waals surface area (Å²) >= 11 is 1.02. The maximum Gasteiger partial charge on any atom is 0.328 e. The van der Waals surface area contributed by atoms with Crippen LogP contribution in [0.3, 0.4) is 0 Å². The van der Waals surface area contributed by atoms with Crippen molar-refractivity contribution in [3.8, 4) is 5.75 Å². The minimum absolute atomic E-state index is 0.0908. The van der Waals surface area contributed by atoms with Crippen LogP contribution in [0.15, 0.2) is 24.3 Å². The largest absolute Gasteiger partial charge is 0.508 e. The molecule has 1 aromatic rings. The average Bonchev–Trinajstić information content (AvgIpc) is 3.38.